The molecule has 5 heteroatoms. The number of rotatable bonds is 4. The molecule has 0 aromatic carbocycles. The molecule has 0 N–H and O–H groups in total. The molecule has 5 nitrogen and oxygen atoms in total. The van der Waals surface area contributed by atoms with Crippen LogP contribution in [-0.4, -0.2) is 46.4 Å². The summed E-state index contributed by atoms with van der Waals surface area (Å²) in [6, 6.07) is 0. The van der Waals surface area contributed by atoms with Crippen LogP contribution in [0.2, 0.25) is 0 Å². The monoisotopic (exact) mass is 249 g/mol. The summed E-state index contributed by atoms with van der Waals surface area (Å²) in [7, 11) is 1.50. The number of aromatic nitrogens is 2. The average Bonchev–Trinajstić information content (AvgIpc) is 2.92. The van der Waals surface area contributed by atoms with Crippen molar-refractivity contribution in [2.75, 3.05) is 20.2 Å². The molecule has 1 aromatic rings. The van der Waals surface area contributed by atoms with Crippen LogP contribution in [0.15, 0.2) is 12.4 Å². The Kier molecular flexibility index (Phi) is 3.61. The van der Waals surface area contributed by atoms with Crippen molar-refractivity contribution in [1.82, 2.24) is 14.9 Å². The Labute approximate surface area is 107 Å². The van der Waals surface area contributed by atoms with Crippen LogP contribution in [0.5, 0.6) is 5.88 Å². The summed E-state index contributed by atoms with van der Waals surface area (Å²) in [6.45, 7) is 5.80. The molecule has 0 radical (unpaired) electrons. The van der Waals surface area contributed by atoms with Gasteiger partial charge in [0.1, 0.15) is 0 Å². The fourth-order valence-corrected chi connectivity index (χ4v) is 2.34. The Morgan fingerprint density at radius 3 is 2.50 bits per heavy atom. The second-order valence-electron chi connectivity index (χ2n) is 5.00. The largest absolute Gasteiger partial charge is 0.479 e. The first kappa shape index (κ1) is 13.0. The van der Waals surface area contributed by atoms with E-state index < -0.39 is 5.54 Å². The van der Waals surface area contributed by atoms with Gasteiger partial charge in [-0.25, -0.2) is 9.97 Å². The lowest BCUT2D eigenvalue weighted by molar-refractivity contribution is 0.0692. The maximum Gasteiger partial charge on any atom is 0.243 e. The molecule has 1 aromatic heterocycles. The Morgan fingerprint density at radius 2 is 1.89 bits per heavy atom. The van der Waals surface area contributed by atoms with Gasteiger partial charge in [0, 0.05) is 12.4 Å². The third-order valence-electron chi connectivity index (χ3n) is 3.53. The minimum absolute atomic E-state index is 0.0330. The van der Waals surface area contributed by atoms with Gasteiger partial charge in [-0.3, -0.25) is 9.69 Å². The molecule has 0 unspecified atom stereocenters. The zero-order valence-corrected chi connectivity index (χ0v) is 11.1. The van der Waals surface area contributed by atoms with E-state index >= 15 is 0 Å². The van der Waals surface area contributed by atoms with Crippen LogP contribution in [0.1, 0.15) is 37.2 Å². The third-order valence-corrected chi connectivity index (χ3v) is 3.53. The summed E-state index contributed by atoms with van der Waals surface area (Å²) in [4.78, 5) is 23.0. The minimum atomic E-state index is -0.556. The lowest BCUT2D eigenvalue weighted by atomic mass is 9.94. The molecule has 0 saturated carbocycles. The maximum atomic E-state index is 12.6. The van der Waals surface area contributed by atoms with E-state index in [1.165, 1.54) is 19.5 Å². The van der Waals surface area contributed by atoms with Gasteiger partial charge in [-0.2, -0.15) is 0 Å². The molecule has 0 spiro atoms. The third kappa shape index (κ3) is 2.22. The zero-order valence-electron chi connectivity index (χ0n) is 11.1. The fourth-order valence-electron chi connectivity index (χ4n) is 2.34. The SMILES string of the molecule is COc1nccnc1C(=O)C(C)(C)N1CCCC1. The van der Waals surface area contributed by atoms with Gasteiger partial charge in [-0.15, -0.1) is 0 Å². The van der Waals surface area contributed by atoms with Crippen molar-refractivity contribution in [3.63, 3.8) is 0 Å². The molecule has 0 atom stereocenters. The highest BCUT2D eigenvalue weighted by molar-refractivity contribution is 6.02. The highest BCUT2D eigenvalue weighted by atomic mass is 16.5. The Morgan fingerprint density at radius 1 is 1.28 bits per heavy atom. The van der Waals surface area contributed by atoms with E-state index in [1.807, 2.05) is 13.8 Å². The Bertz CT molecular complexity index is 440. The number of nitrogens with zero attached hydrogens (tertiary/aromatic N) is 3. The summed E-state index contributed by atoms with van der Waals surface area (Å²) in [5.74, 6) is 0.268. The highest BCUT2D eigenvalue weighted by Crippen LogP contribution is 2.26. The maximum absolute atomic E-state index is 12.6. The van der Waals surface area contributed by atoms with E-state index in [0.717, 1.165) is 25.9 Å². The molecular weight excluding hydrogens is 230 g/mol. The molecule has 0 aliphatic carbocycles. The Balaban J connectivity index is 2.29. The van der Waals surface area contributed by atoms with Crippen molar-refractivity contribution in [3.05, 3.63) is 18.1 Å². The Hall–Kier alpha value is -1.49. The number of ether oxygens (including phenoxy) is 1. The van der Waals surface area contributed by atoms with E-state index in [0.29, 0.717) is 11.6 Å². The molecule has 1 aliphatic rings. The quantitative estimate of drug-likeness (QED) is 0.758. The molecule has 0 bridgehead atoms. The first-order valence-corrected chi connectivity index (χ1v) is 6.22. The standard InChI is InChI=1S/C13H19N3O2/c1-13(2,16-8-4-5-9-16)11(17)10-12(18-3)15-7-6-14-10/h6-7H,4-5,8-9H2,1-3H3. The molecule has 1 saturated heterocycles. The van der Waals surface area contributed by atoms with Crippen molar-refractivity contribution >= 4 is 5.78 Å². The van der Waals surface area contributed by atoms with E-state index in [9.17, 15) is 4.79 Å². The van der Waals surface area contributed by atoms with Crippen LogP contribution in [0, 0.1) is 0 Å². The first-order valence-electron chi connectivity index (χ1n) is 6.22. The average molecular weight is 249 g/mol. The number of carbonyl (C=O) groups is 1. The smallest absolute Gasteiger partial charge is 0.243 e. The predicted octanol–water partition coefficient (Wildman–Crippen LogP) is 1.54. The van der Waals surface area contributed by atoms with E-state index in [-0.39, 0.29) is 5.78 Å². The van der Waals surface area contributed by atoms with Gasteiger partial charge in [0.05, 0.1) is 12.6 Å². The van der Waals surface area contributed by atoms with Crippen LogP contribution in [0.25, 0.3) is 0 Å². The van der Waals surface area contributed by atoms with Crippen molar-refractivity contribution < 1.29 is 9.53 Å². The summed E-state index contributed by atoms with van der Waals surface area (Å²) >= 11 is 0. The first-order chi connectivity index (χ1) is 8.57. The van der Waals surface area contributed by atoms with Gasteiger partial charge < -0.3 is 4.74 Å². The number of hydrogen-bond donors (Lipinski definition) is 0. The lowest BCUT2D eigenvalue weighted by Gasteiger charge is -2.33. The normalized spacial score (nSPS) is 16.8. The summed E-state index contributed by atoms with van der Waals surface area (Å²) < 4.78 is 5.11. The van der Waals surface area contributed by atoms with Gasteiger partial charge in [-0.1, -0.05) is 0 Å². The van der Waals surface area contributed by atoms with Crippen LogP contribution >= 0.6 is 0 Å². The van der Waals surface area contributed by atoms with Crippen LogP contribution in [0.3, 0.4) is 0 Å². The lowest BCUT2D eigenvalue weighted by Crippen LogP contribution is -2.49. The second-order valence-corrected chi connectivity index (χ2v) is 5.00. The summed E-state index contributed by atoms with van der Waals surface area (Å²) in [6.07, 6.45) is 5.34. The number of likely N-dealkylation sites (tertiary alicyclic amines) is 1. The molecule has 2 rings (SSSR count). The second kappa shape index (κ2) is 5.02. The number of Topliss-reactive ketones (excluding diaryl/α,β-unsaturated/α-hetero) is 1. The van der Waals surface area contributed by atoms with Gasteiger partial charge in [0.25, 0.3) is 0 Å². The summed E-state index contributed by atoms with van der Waals surface area (Å²) in [5.41, 5.74) is -0.239. The topological polar surface area (TPSA) is 55.3 Å². The van der Waals surface area contributed by atoms with Crippen LogP contribution in [0.4, 0.5) is 0 Å². The number of ketones is 1. The predicted molar refractivity (Wildman–Crippen MR) is 67.8 cm³/mol. The molecule has 18 heavy (non-hydrogen) atoms. The van der Waals surface area contributed by atoms with E-state index in [2.05, 4.69) is 14.9 Å². The van der Waals surface area contributed by atoms with Gasteiger partial charge >= 0.3 is 0 Å². The van der Waals surface area contributed by atoms with Crippen molar-refractivity contribution in [3.8, 4) is 5.88 Å². The molecule has 98 valence electrons. The summed E-state index contributed by atoms with van der Waals surface area (Å²) in [5, 5.41) is 0. The molecule has 1 fully saturated rings. The van der Waals surface area contributed by atoms with Crippen molar-refractivity contribution in [2.24, 2.45) is 0 Å². The molecule has 1 aliphatic heterocycles. The number of methoxy groups -OCH3 is 1. The molecule has 0 amide bonds. The zero-order chi connectivity index (χ0) is 13.2. The van der Waals surface area contributed by atoms with Crippen LogP contribution < -0.4 is 4.74 Å². The van der Waals surface area contributed by atoms with Gasteiger partial charge in [0.15, 0.2) is 5.69 Å². The number of carbonyl (C=O) groups excluding carboxylic acids is 1. The number of hydrogen-bond acceptors (Lipinski definition) is 5. The van der Waals surface area contributed by atoms with E-state index in [4.69, 9.17) is 4.74 Å². The molecular formula is C13H19N3O2. The van der Waals surface area contributed by atoms with Crippen molar-refractivity contribution in [2.45, 2.75) is 32.2 Å². The molecule has 2 heterocycles. The fraction of sp³-hybridized carbons (Fsp3) is 0.615. The van der Waals surface area contributed by atoms with E-state index in [1.54, 1.807) is 0 Å². The van der Waals surface area contributed by atoms with Gasteiger partial charge in [-0.05, 0) is 39.8 Å². The highest BCUT2D eigenvalue weighted by Gasteiger charge is 2.38. The van der Waals surface area contributed by atoms with Gasteiger partial charge in [0.2, 0.25) is 11.7 Å². The minimum Gasteiger partial charge on any atom is -0.479 e. The van der Waals surface area contributed by atoms with Crippen molar-refractivity contribution in [1.29, 1.82) is 0 Å². The van der Waals surface area contributed by atoms with Crippen LogP contribution in [-0.2, 0) is 0 Å².